The van der Waals surface area contributed by atoms with E-state index in [1.54, 1.807) is 0 Å². The van der Waals surface area contributed by atoms with E-state index < -0.39 is 0 Å². The summed E-state index contributed by atoms with van der Waals surface area (Å²) in [4.78, 5) is 4.91. The van der Waals surface area contributed by atoms with Crippen LogP contribution in [0.25, 0.3) is 11.3 Å². The van der Waals surface area contributed by atoms with Gasteiger partial charge in [-0.3, -0.25) is 0 Å². The highest BCUT2D eigenvalue weighted by atomic mass is 15.0. The molecule has 0 spiro atoms. The van der Waals surface area contributed by atoms with Crippen LogP contribution in [-0.4, -0.2) is 4.98 Å². The third kappa shape index (κ3) is 3.19. The van der Waals surface area contributed by atoms with E-state index in [4.69, 9.17) is 4.98 Å². The van der Waals surface area contributed by atoms with E-state index in [1.807, 2.05) is 36.4 Å². The Morgan fingerprint density at radius 1 is 0.885 bits per heavy atom. The second kappa shape index (κ2) is 7.41. The van der Waals surface area contributed by atoms with Gasteiger partial charge in [0.25, 0.3) is 0 Å². The van der Waals surface area contributed by atoms with Gasteiger partial charge in [-0.1, -0.05) is 60.7 Å². The first-order valence-corrected chi connectivity index (χ1v) is 9.16. The molecule has 1 heterocycles. The number of aromatic nitrogens is 1. The lowest BCUT2D eigenvalue weighted by atomic mass is 9.86. The van der Waals surface area contributed by atoms with Crippen LogP contribution in [0, 0.1) is 11.3 Å². The summed E-state index contributed by atoms with van der Waals surface area (Å²) >= 11 is 0. The maximum Gasteiger partial charge on any atom is 0.145 e. The van der Waals surface area contributed by atoms with E-state index in [0.717, 1.165) is 42.5 Å². The maximum atomic E-state index is 9.80. The molecule has 0 saturated carbocycles. The number of anilines is 1. The number of nitrogens with zero attached hydrogens (tertiary/aromatic N) is 2. The Balaban J connectivity index is 1.79. The predicted molar refractivity (Wildman–Crippen MR) is 105 cm³/mol. The number of rotatable bonds is 4. The summed E-state index contributed by atoms with van der Waals surface area (Å²) in [7, 11) is 0. The van der Waals surface area contributed by atoms with Gasteiger partial charge in [0, 0.05) is 12.1 Å². The van der Waals surface area contributed by atoms with Crippen LogP contribution in [0.1, 0.15) is 35.1 Å². The molecule has 0 bridgehead atoms. The van der Waals surface area contributed by atoms with E-state index in [-0.39, 0.29) is 0 Å². The van der Waals surface area contributed by atoms with Crippen molar-refractivity contribution >= 4 is 5.82 Å². The average molecular weight is 339 g/mol. The molecular formula is C23H21N3. The van der Waals surface area contributed by atoms with Crippen molar-refractivity contribution in [2.75, 3.05) is 5.32 Å². The number of nitrogens with one attached hydrogen (secondary N) is 1. The first-order chi connectivity index (χ1) is 12.9. The molecule has 1 aromatic heterocycles. The molecule has 128 valence electrons. The second-order valence-corrected chi connectivity index (χ2v) is 6.67. The van der Waals surface area contributed by atoms with E-state index in [0.29, 0.717) is 12.4 Å². The van der Waals surface area contributed by atoms with Crippen LogP contribution >= 0.6 is 0 Å². The molecule has 0 radical (unpaired) electrons. The molecular weight excluding hydrogens is 318 g/mol. The number of hydrogen-bond acceptors (Lipinski definition) is 3. The molecule has 1 aliphatic carbocycles. The van der Waals surface area contributed by atoms with Gasteiger partial charge in [0.1, 0.15) is 11.9 Å². The molecule has 3 aromatic rings. The van der Waals surface area contributed by atoms with Gasteiger partial charge in [0.05, 0.1) is 11.3 Å². The van der Waals surface area contributed by atoms with Crippen molar-refractivity contribution in [3.05, 3.63) is 82.9 Å². The molecule has 4 rings (SSSR count). The Hall–Kier alpha value is -3.12. The summed E-state index contributed by atoms with van der Waals surface area (Å²) in [5.41, 5.74) is 6.48. The van der Waals surface area contributed by atoms with Gasteiger partial charge in [0.2, 0.25) is 0 Å². The lowest BCUT2D eigenvalue weighted by Gasteiger charge is -2.22. The molecule has 3 heteroatoms. The normalized spacial score (nSPS) is 12.9. The summed E-state index contributed by atoms with van der Waals surface area (Å²) in [6.45, 7) is 0.662. The molecule has 0 amide bonds. The van der Waals surface area contributed by atoms with E-state index in [2.05, 4.69) is 35.7 Å². The van der Waals surface area contributed by atoms with Crippen LogP contribution in [0.3, 0.4) is 0 Å². The summed E-state index contributed by atoms with van der Waals surface area (Å²) in [5.74, 6) is 0.704. The van der Waals surface area contributed by atoms with Gasteiger partial charge < -0.3 is 5.32 Å². The zero-order valence-corrected chi connectivity index (χ0v) is 14.7. The minimum atomic E-state index is 0.662. The zero-order valence-electron chi connectivity index (χ0n) is 14.7. The molecule has 0 saturated heterocycles. The van der Waals surface area contributed by atoms with Crippen molar-refractivity contribution in [1.82, 2.24) is 4.98 Å². The Morgan fingerprint density at radius 3 is 2.23 bits per heavy atom. The van der Waals surface area contributed by atoms with Crippen LogP contribution in [0.2, 0.25) is 0 Å². The van der Waals surface area contributed by atoms with Gasteiger partial charge in [-0.15, -0.1) is 0 Å². The zero-order chi connectivity index (χ0) is 17.8. The van der Waals surface area contributed by atoms with E-state index in [9.17, 15) is 5.26 Å². The Bertz CT molecular complexity index is 941. The third-order valence-corrected chi connectivity index (χ3v) is 4.98. The number of hydrogen-bond donors (Lipinski definition) is 1. The summed E-state index contributed by atoms with van der Waals surface area (Å²) in [5, 5.41) is 13.2. The average Bonchev–Trinajstić information content (AvgIpc) is 2.72. The largest absolute Gasteiger partial charge is 0.365 e. The predicted octanol–water partition coefficient (Wildman–Crippen LogP) is 5.11. The maximum absolute atomic E-state index is 9.80. The van der Waals surface area contributed by atoms with Crippen LogP contribution in [0.15, 0.2) is 60.7 Å². The van der Waals surface area contributed by atoms with Gasteiger partial charge in [-0.05, 0) is 42.4 Å². The van der Waals surface area contributed by atoms with E-state index in [1.165, 1.54) is 16.7 Å². The fourth-order valence-corrected chi connectivity index (χ4v) is 3.69. The van der Waals surface area contributed by atoms with Crippen molar-refractivity contribution in [2.45, 2.75) is 32.2 Å². The van der Waals surface area contributed by atoms with Gasteiger partial charge in [0.15, 0.2) is 0 Å². The van der Waals surface area contributed by atoms with Gasteiger partial charge >= 0.3 is 0 Å². The van der Waals surface area contributed by atoms with Crippen molar-refractivity contribution in [1.29, 1.82) is 5.26 Å². The van der Waals surface area contributed by atoms with Crippen LogP contribution < -0.4 is 5.32 Å². The third-order valence-electron chi connectivity index (χ3n) is 4.98. The molecule has 1 aliphatic rings. The quantitative estimate of drug-likeness (QED) is 0.718. The monoisotopic (exact) mass is 339 g/mol. The first kappa shape index (κ1) is 16.4. The topological polar surface area (TPSA) is 48.7 Å². The molecule has 1 N–H and O–H groups in total. The fourth-order valence-electron chi connectivity index (χ4n) is 3.69. The Labute approximate surface area is 154 Å². The molecule has 26 heavy (non-hydrogen) atoms. The molecule has 0 atom stereocenters. The number of benzene rings is 2. The fraction of sp³-hybridized carbons (Fsp3) is 0.217. The minimum Gasteiger partial charge on any atom is -0.365 e. The summed E-state index contributed by atoms with van der Waals surface area (Å²) in [6.07, 6.45) is 4.26. The van der Waals surface area contributed by atoms with Crippen molar-refractivity contribution < 1.29 is 0 Å². The number of pyridine rings is 1. The number of fused-ring (bicyclic) bond motifs is 1. The molecule has 2 aromatic carbocycles. The van der Waals surface area contributed by atoms with Crippen LogP contribution in [0.5, 0.6) is 0 Å². The van der Waals surface area contributed by atoms with Gasteiger partial charge in [-0.25, -0.2) is 4.98 Å². The highest BCUT2D eigenvalue weighted by molar-refractivity contribution is 5.72. The summed E-state index contributed by atoms with van der Waals surface area (Å²) in [6, 6.07) is 22.9. The lowest BCUT2D eigenvalue weighted by Crippen LogP contribution is -2.13. The Kier molecular flexibility index (Phi) is 4.66. The SMILES string of the molecule is N#Cc1c(NCc2ccccc2)nc(-c2ccccc2)c2c1CCCC2. The second-order valence-electron chi connectivity index (χ2n) is 6.67. The smallest absolute Gasteiger partial charge is 0.145 e. The summed E-state index contributed by atoms with van der Waals surface area (Å²) < 4.78 is 0. The first-order valence-electron chi connectivity index (χ1n) is 9.16. The molecule has 0 unspecified atom stereocenters. The molecule has 3 nitrogen and oxygen atoms in total. The minimum absolute atomic E-state index is 0.662. The van der Waals surface area contributed by atoms with Crippen LogP contribution in [0.4, 0.5) is 5.82 Å². The Morgan fingerprint density at radius 2 is 1.54 bits per heavy atom. The van der Waals surface area contributed by atoms with Crippen molar-refractivity contribution in [2.24, 2.45) is 0 Å². The van der Waals surface area contributed by atoms with E-state index >= 15 is 0 Å². The molecule has 0 fully saturated rings. The van der Waals surface area contributed by atoms with Gasteiger partial charge in [-0.2, -0.15) is 5.26 Å². The standard InChI is InChI=1S/C23H21N3/c24-15-21-19-13-7-8-14-20(19)22(18-11-5-2-6-12-18)26-23(21)25-16-17-9-3-1-4-10-17/h1-6,9-12H,7-8,13-14,16H2,(H,25,26). The van der Waals surface area contributed by atoms with Crippen LogP contribution in [-0.2, 0) is 19.4 Å². The highest BCUT2D eigenvalue weighted by Gasteiger charge is 2.22. The van der Waals surface area contributed by atoms with Crippen molar-refractivity contribution in [3.63, 3.8) is 0 Å². The van der Waals surface area contributed by atoms with Crippen molar-refractivity contribution in [3.8, 4) is 17.3 Å². The molecule has 0 aliphatic heterocycles. The lowest BCUT2D eigenvalue weighted by molar-refractivity contribution is 0.682. The highest BCUT2D eigenvalue weighted by Crippen LogP contribution is 2.35. The number of nitriles is 1.